The summed E-state index contributed by atoms with van der Waals surface area (Å²) < 4.78 is 32.8. The van der Waals surface area contributed by atoms with Gasteiger partial charge in [-0.25, -0.2) is 13.4 Å². The predicted octanol–water partition coefficient (Wildman–Crippen LogP) is 4.49. The average Bonchev–Trinajstić information content (AvgIpc) is 2.49. The van der Waals surface area contributed by atoms with Crippen molar-refractivity contribution < 1.29 is 13.2 Å². The third-order valence-corrected chi connectivity index (χ3v) is 5.67. The summed E-state index contributed by atoms with van der Waals surface area (Å²) in [6.45, 7) is 1.76. The summed E-state index contributed by atoms with van der Waals surface area (Å²) in [6.07, 6.45) is 1.41. The molecule has 0 fully saturated rings. The van der Waals surface area contributed by atoms with Crippen molar-refractivity contribution in [1.29, 1.82) is 0 Å². The van der Waals surface area contributed by atoms with E-state index in [9.17, 15) is 8.42 Å². The molecule has 0 aliphatic heterocycles. The lowest BCUT2D eigenvalue weighted by atomic mass is 10.1. The number of nitrogens with one attached hydrogen (secondary N) is 1. The number of rotatable bonds is 5. The van der Waals surface area contributed by atoms with Gasteiger partial charge >= 0.3 is 0 Å². The second-order valence-corrected chi connectivity index (χ2v) is 7.93. The van der Waals surface area contributed by atoms with Crippen LogP contribution in [0.25, 0.3) is 0 Å². The maximum atomic E-state index is 12.5. The van der Waals surface area contributed by atoms with Gasteiger partial charge in [0, 0.05) is 13.3 Å². The third-order valence-electron chi connectivity index (χ3n) is 3.05. The topological polar surface area (TPSA) is 68.3 Å². The Morgan fingerprint density at radius 3 is 2.65 bits per heavy atom. The van der Waals surface area contributed by atoms with Crippen molar-refractivity contribution in [2.24, 2.45) is 0 Å². The lowest BCUT2D eigenvalue weighted by Crippen LogP contribution is -2.14. The summed E-state index contributed by atoms with van der Waals surface area (Å²) in [5.41, 5.74) is 1.04. The van der Waals surface area contributed by atoms with Crippen LogP contribution in [0.5, 0.6) is 0 Å². The van der Waals surface area contributed by atoms with Crippen LogP contribution < -0.4 is 4.72 Å². The standard InChI is InChI=1S/C14H13BrCl2N2O3S/c1-8-5-10(3-4-11(8)14(17)22-2)23(20,21)19-12-6-9(16)7-18-13(12)15/h3-7,14,19H,1-2H3. The molecule has 0 amide bonds. The first-order valence-corrected chi connectivity index (χ1v) is 9.45. The van der Waals surface area contributed by atoms with Crippen LogP contribution in [-0.4, -0.2) is 20.5 Å². The zero-order chi connectivity index (χ0) is 17.2. The molecule has 0 saturated carbocycles. The van der Waals surface area contributed by atoms with Crippen molar-refractivity contribution in [2.75, 3.05) is 11.8 Å². The molecule has 0 aliphatic rings. The zero-order valence-electron chi connectivity index (χ0n) is 12.2. The van der Waals surface area contributed by atoms with Crippen LogP contribution in [0.3, 0.4) is 0 Å². The Kier molecular flexibility index (Phi) is 5.91. The molecule has 0 radical (unpaired) electrons. The molecular weight excluding hydrogens is 427 g/mol. The SMILES string of the molecule is COC(Cl)c1ccc(S(=O)(=O)Nc2cc(Cl)cnc2Br)cc1C. The predicted molar refractivity (Wildman–Crippen MR) is 94.5 cm³/mol. The smallest absolute Gasteiger partial charge is 0.261 e. The minimum atomic E-state index is -3.79. The molecule has 0 spiro atoms. The molecule has 1 N–H and O–H groups in total. The van der Waals surface area contributed by atoms with E-state index in [0.717, 1.165) is 0 Å². The van der Waals surface area contributed by atoms with Gasteiger partial charge in [-0.3, -0.25) is 4.72 Å². The number of methoxy groups -OCH3 is 1. The van der Waals surface area contributed by atoms with Crippen molar-refractivity contribution in [2.45, 2.75) is 17.4 Å². The number of aromatic nitrogens is 1. The number of hydrogen-bond acceptors (Lipinski definition) is 4. The average molecular weight is 440 g/mol. The number of hydrogen-bond donors (Lipinski definition) is 1. The molecule has 1 heterocycles. The highest BCUT2D eigenvalue weighted by atomic mass is 79.9. The first-order chi connectivity index (χ1) is 10.7. The monoisotopic (exact) mass is 438 g/mol. The number of alkyl halides is 1. The quantitative estimate of drug-likeness (QED) is 0.550. The molecule has 1 unspecified atom stereocenters. The number of pyridine rings is 1. The Balaban J connectivity index is 2.36. The molecule has 0 saturated heterocycles. The van der Waals surface area contributed by atoms with Gasteiger partial charge in [0.1, 0.15) is 4.60 Å². The van der Waals surface area contributed by atoms with Crippen molar-refractivity contribution >= 4 is 54.8 Å². The fourth-order valence-electron chi connectivity index (χ4n) is 1.89. The number of aryl methyl sites for hydroxylation is 1. The molecule has 2 aromatic rings. The second-order valence-electron chi connectivity index (χ2n) is 4.67. The molecule has 0 aliphatic carbocycles. The Bertz CT molecular complexity index is 831. The minimum absolute atomic E-state index is 0.102. The fraction of sp³-hybridized carbons (Fsp3) is 0.214. The van der Waals surface area contributed by atoms with Gasteiger partial charge in [-0.2, -0.15) is 0 Å². The van der Waals surface area contributed by atoms with Gasteiger partial charge in [0.2, 0.25) is 0 Å². The van der Waals surface area contributed by atoms with Gasteiger partial charge < -0.3 is 4.74 Å². The van der Waals surface area contributed by atoms with Crippen molar-refractivity contribution in [3.63, 3.8) is 0 Å². The van der Waals surface area contributed by atoms with Crippen LogP contribution in [-0.2, 0) is 14.8 Å². The van der Waals surface area contributed by atoms with Crippen molar-refractivity contribution in [3.8, 4) is 0 Å². The number of sulfonamides is 1. The Hall–Kier alpha value is -0.860. The summed E-state index contributed by atoms with van der Waals surface area (Å²) in [7, 11) is -2.31. The van der Waals surface area contributed by atoms with E-state index in [0.29, 0.717) is 20.8 Å². The molecular formula is C14H13BrCl2N2O3S. The van der Waals surface area contributed by atoms with Crippen molar-refractivity contribution in [1.82, 2.24) is 4.98 Å². The van der Waals surface area contributed by atoms with E-state index >= 15 is 0 Å². The lowest BCUT2D eigenvalue weighted by molar-refractivity contribution is 0.169. The maximum Gasteiger partial charge on any atom is 0.261 e. The Morgan fingerprint density at radius 2 is 2.04 bits per heavy atom. The van der Waals surface area contributed by atoms with E-state index in [1.807, 2.05) is 0 Å². The van der Waals surface area contributed by atoms with Gasteiger partial charge in [0.25, 0.3) is 10.0 Å². The minimum Gasteiger partial charge on any atom is -0.361 e. The van der Waals surface area contributed by atoms with E-state index < -0.39 is 15.6 Å². The molecule has 0 bridgehead atoms. The molecule has 124 valence electrons. The summed E-state index contributed by atoms with van der Waals surface area (Å²) in [6, 6.07) is 6.08. The van der Waals surface area contributed by atoms with E-state index in [-0.39, 0.29) is 10.6 Å². The summed E-state index contributed by atoms with van der Waals surface area (Å²) in [4.78, 5) is 4.05. The first kappa shape index (κ1) is 18.5. The first-order valence-electron chi connectivity index (χ1n) is 6.36. The van der Waals surface area contributed by atoms with Crippen LogP contribution in [0, 0.1) is 6.92 Å². The van der Waals surface area contributed by atoms with E-state index in [4.69, 9.17) is 27.9 Å². The van der Waals surface area contributed by atoms with Gasteiger partial charge in [-0.15, -0.1) is 0 Å². The van der Waals surface area contributed by atoms with E-state index in [1.165, 1.54) is 31.5 Å². The van der Waals surface area contributed by atoms with Gasteiger partial charge in [-0.05, 0) is 52.2 Å². The van der Waals surface area contributed by atoms with Gasteiger partial charge in [0.05, 0.1) is 15.6 Å². The molecule has 9 heteroatoms. The van der Waals surface area contributed by atoms with Crippen LogP contribution in [0.2, 0.25) is 5.02 Å². The highest BCUT2D eigenvalue weighted by Gasteiger charge is 2.19. The second kappa shape index (κ2) is 7.36. The lowest BCUT2D eigenvalue weighted by Gasteiger charge is -2.14. The molecule has 1 atom stereocenters. The molecule has 5 nitrogen and oxygen atoms in total. The summed E-state index contributed by atoms with van der Waals surface area (Å²) >= 11 is 15.0. The fourth-order valence-corrected chi connectivity index (χ4v) is 3.89. The van der Waals surface area contributed by atoms with Crippen LogP contribution >= 0.6 is 39.1 Å². The summed E-state index contributed by atoms with van der Waals surface area (Å²) in [5, 5.41) is 0.322. The molecule has 1 aromatic carbocycles. The number of halogens is 3. The number of nitrogens with zero attached hydrogens (tertiary/aromatic N) is 1. The molecule has 1 aromatic heterocycles. The maximum absolute atomic E-state index is 12.5. The number of anilines is 1. The van der Waals surface area contributed by atoms with E-state index in [2.05, 4.69) is 25.6 Å². The van der Waals surface area contributed by atoms with Crippen molar-refractivity contribution in [3.05, 3.63) is 51.2 Å². The van der Waals surface area contributed by atoms with Gasteiger partial charge in [-0.1, -0.05) is 29.3 Å². The normalized spacial score (nSPS) is 12.9. The van der Waals surface area contributed by atoms with Crippen LogP contribution in [0.1, 0.15) is 16.7 Å². The highest BCUT2D eigenvalue weighted by Crippen LogP contribution is 2.29. The zero-order valence-corrected chi connectivity index (χ0v) is 16.1. The summed E-state index contributed by atoms with van der Waals surface area (Å²) in [5.74, 6) is 0. The van der Waals surface area contributed by atoms with E-state index in [1.54, 1.807) is 13.0 Å². The molecule has 2 rings (SSSR count). The van der Waals surface area contributed by atoms with Crippen LogP contribution in [0.15, 0.2) is 40.0 Å². The largest absolute Gasteiger partial charge is 0.361 e. The Morgan fingerprint density at radius 1 is 1.35 bits per heavy atom. The third kappa shape index (κ3) is 4.36. The Labute approximate surface area is 153 Å². The number of benzene rings is 1. The van der Waals surface area contributed by atoms with Gasteiger partial charge in [0.15, 0.2) is 5.56 Å². The number of ether oxygens (including phenoxy) is 1. The highest BCUT2D eigenvalue weighted by molar-refractivity contribution is 9.10. The van der Waals surface area contributed by atoms with Crippen LogP contribution in [0.4, 0.5) is 5.69 Å². The molecule has 23 heavy (non-hydrogen) atoms.